The van der Waals surface area contributed by atoms with Crippen molar-refractivity contribution in [1.29, 1.82) is 0 Å². The van der Waals surface area contributed by atoms with Crippen molar-refractivity contribution in [3.05, 3.63) is 45.8 Å². The molecule has 0 bridgehead atoms. The third-order valence-electron chi connectivity index (χ3n) is 4.71. The molecule has 2 N–H and O–H groups in total. The van der Waals surface area contributed by atoms with Crippen LogP contribution >= 0.6 is 23.6 Å². The van der Waals surface area contributed by atoms with E-state index in [1.54, 1.807) is 21.0 Å². The van der Waals surface area contributed by atoms with Crippen LogP contribution < -0.4 is 10.6 Å². The fraction of sp³-hybridized carbons (Fsp3) is 0.381. The Morgan fingerprint density at radius 2 is 1.83 bits per heavy atom. The van der Waals surface area contributed by atoms with Gasteiger partial charge in [-0.1, -0.05) is 26.0 Å². The molecule has 1 aromatic carbocycles. The minimum atomic E-state index is -0.514. The standard InChI is InChI=1S/C21H27N3O3S2/c1-7-12(2)14-8-10-15(11-9-14)22-21(28)23-18-16(20(26)27-6)13(3)17(29-18)19(25)24(4)5/h8-12H,7H2,1-6H3,(H2,22,23,28). The molecule has 6 nitrogen and oxygen atoms in total. The van der Waals surface area contributed by atoms with Crippen molar-refractivity contribution >= 4 is 51.2 Å². The molecule has 8 heteroatoms. The Morgan fingerprint density at radius 3 is 2.34 bits per heavy atom. The summed E-state index contributed by atoms with van der Waals surface area (Å²) in [6, 6.07) is 8.08. The van der Waals surface area contributed by atoms with Crippen LogP contribution in [0.1, 0.15) is 57.3 Å². The van der Waals surface area contributed by atoms with Crippen LogP contribution in [0.15, 0.2) is 24.3 Å². The highest BCUT2D eigenvalue weighted by molar-refractivity contribution is 7.80. The minimum Gasteiger partial charge on any atom is -0.465 e. The zero-order valence-corrected chi connectivity index (χ0v) is 19.2. The summed E-state index contributed by atoms with van der Waals surface area (Å²) in [5.74, 6) is -0.191. The molecule has 1 heterocycles. The van der Waals surface area contributed by atoms with Crippen molar-refractivity contribution in [2.45, 2.75) is 33.1 Å². The van der Waals surface area contributed by atoms with Crippen LogP contribution in [0.3, 0.4) is 0 Å². The van der Waals surface area contributed by atoms with Gasteiger partial charge in [0.15, 0.2) is 5.11 Å². The number of thiocarbonyl (C=S) groups is 1. The molecule has 1 unspecified atom stereocenters. The van der Waals surface area contributed by atoms with Gasteiger partial charge in [-0.05, 0) is 54.7 Å². The van der Waals surface area contributed by atoms with Gasteiger partial charge in [-0.25, -0.2) is 4.79 Å². The largest absolute Gasteiger partial charge is 0.465 e. The van der Waals surface area contributed by atoms with Crippen LogP contribution in [0.4, 0.5) is 10.7 Å². The quantitative estimate of drug-likeness (QED) is 0.500. The van der Waals surface area contributed by atoms with E-state index in [4.69, 9.17) is 17.0 Å². The first kappa shape index (κ1) is 22.8. The lowest BCUT2D eigenvalue weighted by Crippen LogP contribution is -2.21. The lowest BCUT2D eigenvalue weighted by atomic mass is 9.99. The molecule has 2 aromatic rings. The van der Waals surface area contributed by atoms with Crippen LogP contribution in [0.2, 0.25) is 0 Å². The molecule has 1 amide bonds. The average Bonchev–Trinajstić information content (AvgIpc) is 3.02. The second kappa shape index (κ2) is 9.84. The molecule has 1 aromatic heterocycles. The summed E-state index contributed by atoms with van der Waals surface area (Å²) in [6.45, 7) is 6.08. The smallest absolute Gasteiger partial charge is 0.341 e. The van der Waals surface area contributed by atoms with Crippen LogP contribution in [-0.2, 0) is 4.74 Å². The van der Waals surface area contributed by atoms with Gasteiger partial charge >= 0.3 is 5.97 Å². The van der Waals surface area contributed by atoms with E-state index in [-0.39, 0.29) is 5.91 Å². The van der Waals surface area contributed by atoms with Gasteiger partial charge in [0.1, 0.15) is 5.00 Å². The third-order valence-corrected chi connectivity index (χ3v) is 6.11. The number of carbonyl (C=O) groups is 2. The molecule has 0 spiro atoms. The lowest BCUT2D eigenvalue weighted by Gasteiger charge is -2.13. The van der Waals surface area contributed by atoms with Crippen LogP contribution in [0.25, 0.3) is 0 Å². The number of amides is 1. The summed E-state index contributed by atoms with van der Waals surface area (Å²) < 4.78 is 4.90. The number of methoxy groups -OCH3 is 1. The molecular weight excluding hydrogens is 406 g/mol. The predicted octanol–water partition coefficient (Wildman–Crippen LogP) is 4.87. The Labute approximate surface area is 181 Å². The number of hydrogen-bond acceptors (Lipinski definition) is 5. The van der Waals surface area contributed by atoms with Crippen molar-refractivity contribution in [1.82, 2.24) is 4.90 Å². The number of esters is 1. The van der Waals surface area contributed by atoms with E-state index < -0.39 is 5.97 Å². The summed E-state index contributed by atoms with van der Waals surface area (Å²) in [5, 5.41) is 6.97. The van der Waals surface area contributed by atoms with Crippen LogP contribution in [0, 0.1) is 6.92 Å². The van der Waals surface area contributed by atoms with E-state index in [0.29, 0.717) is 32.0 Å². The van der Waals surface area contributed by atoms with Crippen molar-refractivity contribution in [2.24, 2.45) is 0 Å². The molecule has 0 aliphatic carbocycles. The number of benzene rings is 1. The van der Waals surface area contributed by atoms with Crippen molar-refractivity contribution in [3.63, 3.8) is 0 Å². The van der Waals surface area contributed by atoms with Gasteiger partial charge in [0.05, 0.1) is 17.6 Å². The molecule has 0 aliphatic heterocycles. The number of nitrogens with zero attached hydrogens (tertiary/aromatic N) is 1. The van der Waals surface area contributed by atoms with Crippen molar-refractivity contribution in [3.8, 4) is 0 Å². The SMILES string of the molecule is CCC(C)c1ccc(NC(=S)Nc2sc(C(=O)N(C)C)c(C)c2C(=O)OC)cc1. The third kappa shape index (κ3) is 5.33. The minimum absolute atomic E-state index is 0.176. The summed E-state index contributed by atoms with van der Waals surface area (Å²) in [6.07, 6.45) is 1.08. The number of carbonyl (C=O) groups excluding carboxylic acids is 2. The average molecular weight is 434 g/mol. The summed E-state index contributed by atoms with van der Waals surface area (Å²) >= 11 is 6.60. The number of rotatable bonds is 6. The first-order valence-corrected chi connectivity index (χ1v) is 10.5. The Bertz CT molecular complexity index is 905. The fourth-order valence-corrected chi connectivity index (χ4v) is 4.26. The number of hydrogen-bond donors (Lipinski definition) is 2. The molecule has 0 saturated heterocycles. The van der Waals surface area contributed by atoms with E-state index in [2.05, 4.69) is 36.6 Å². The van der Waals surface area contributed by atoms with E-state index in [1.807, 2.05) is 12.1 Å². The number of nitrogens with one attached hydrogen (secondary N) is 2. The molecular formula is C21H27N3O3S2. The Kier molecular flexibility index (Phi) is 7.75. The monoisotopic (exact) mass is 433 g/mol. The molecule has 29 heavy (non-hydrogen) atoms. The number of anilines is 2. The van der Waals surface area contributed by atoms with Gasteiger partial charge in [-0.2, -0.15) is 0 Å². The van der Waals surface area contributed by atoms with Crippen molar-refractivity contribution < 1.29 is 14.3 Å². The molecule has 156 valence electrons. The fourth-order valence-electron chi connectivity index (χ4n) is 2.75. The highest BCUT2D eigenvalue weighted by Gasteiger charge is 2.26. The first-order chi connectivity index (χ1) is 13.7. The van der Waals surface area contributed by atoms with Gasteiger partial charge in [-0.15, -0.1) is 11.3 Å². The molecule has 0 fully saturated rings. The second-order valence-electron chi connectivity index (χ2n) is 6.96. The van der Waals surface area contributed by atoms with Gasteiger partial charge in [0, 0.05) is 19.8 Å². The van der Waals surface area contributed by atoms with Crippen molar-refractivity contribution in [2.75, 3.05) is 31.8 Å². The maximum Gasteiger partial charge on any atom is 0.341 e. The lowest BCUT2D eigenvalue weighted by molar-refractivity contribution is 0.0601. The zero-order valence-electron chi connectivity index (χ0n) is 17.6. The Morgan fingerprint density at radius 1 is 1.21 bits per heavy atom. The van der Waals surface area contributed by atoms with E-state index in [1.165, 1.54) is 28.9 Å². The number of thiophene rings is 1. The second-order valence-corrected chi connectivity index (χ2v) is 8.39. The maximum atomic E-state index is 12.4. The summed E-state index contributed by atoms with van der Waals surface area (Å²) in [7, 11) is 4.65. The van der Waals surface area contributed by atoms with Gasteiger partial charge in [0.25, 0.3) is 5.91 Å². The molecule has 0 radical (unpaired) electrons. The highest BCUT2D eigenvalue weighted by atomic mass is 32.1. The molecule has 0 aliphatic rings. The van der Waals surface area contributed by atoms with Crippen LogP contribution in [0.5, 0.6) is 0 Å². The Hall–Kier alpha value is -2.45. The van der Waals surface area contributed by atoms with Gasteiger partial charge in [0.2, 0.25) is 0 Å². The van der Waals surface area contributed by atoms with Gasteiger partial charge in [-0.3, -0.25) is 4.79 Å². The highest BCUT2D eigenvalue weighted by Crippen LogP contribution is 2.34. The molecule has 1 atom stereocenters. The number of ether oxygens (including phenoxy) is 1. The topological polar surface area (TPSA) is 70.7 Å². The normalized spacial score (nSPS) is 11.5. The van der Waals surface area contributed by atoms with E-state index in [9.17, 15) is 9.59 Å². The van der Waals surface area contributed by atoms with Crippen LogP contribution in [-0.4, -0.2) is 43.1 Å². The van der Waals surface area contributed by atoms with E-state index >= 15 is 0 Å². The molecule has 2 rings (SSSR count). The Balaban J connectivity index is 2.23. The predicted molar refractivity (Wildman–Crippen MR) is 123 cm³/mol. The maximum absolute atomic E-state index is 12.4. The first-order valence-electron chi connectivity index (χ1n) is 9.30. The zero-order chi connectivity index (χ0) is 21.7. The van der Waals surface area contributed by atoms with Gasteiger partial charge < -0.3 is 20.3 Å². The molecule has 0 saturated carbocycles. The summed E-state index contributed by atoms with van der Waals surface area (Å²) in [4.78, 5) is 26.7. The van der Waals surface area contributed by atoms with E-state index in [0.717, 1.165) is 12.1 Å². The summed E-state index contributed by atoms with van der Waals surface area (Å²) in [5.41, 5.74) is 3.00.